The van der Waals surface area contributed by atoms with E-state index in [2.05, 4.69) is 39.6 Å². The fraction of sp³-hybridized carbons (Fsp3) is 0.160. The molecule has 1 amide bonds. The van der Waals surface area contributed by atoms with E-state index in [1.54, 1.807) is 18.3 Å². The van der Waals surface area contributed by atoms with E-state index in [4.69, 9.17) is 4.74 Å². The summed E-state index contributed by atoms with van der Waals surface area (Å²) in [5.74, 6) is 1.41. The number of hydrogen-bond acceptors (Lipinski definition) is 4. The Labute approximate surface area is 181 Å². The van der Waals surface area contributed by atoms with Crippen molar-refractivity contribution in [3.05, 3.63) is 95.3 Å². The molecule has 2 N–H and O–H groups in total. The van der Waals surface area contributed by atoms with Gasteiger partial charge < -0.3 is 9.72 Å². The Hall–Kier alpha value is -3.93. The highest BCUT2D eigenvalue weighted by atomic mass is 16.5. The first-order valence-corrected chi connectivity index (χ1v) is 10.3. The van der Waals surface area contributed by atoms with Crippen LogP contribution in [-0.2, 0) is 6.42 Å². The van der Waals surface area contributed by atoms with Crippen LogP contribution in [0.5, 0.6) is 5.75 Å². The van der Waals surface area contributed by atoms with Crippen molar-refractivity contribution >= 4 is 23.2 Å². The van der Waals surface area contributed by atoms with Crippen molar-refractivity contribution in [2.75, 3.05) is 6.61 Å². The van der Waals surface area contributed by atoms with Gasteiger partial charge in [-0.15, -0.1) is 0 Å². The largest absolute Gasteiger partial charge is 0.494 e. The van der Waals surface area contributed by atoms with E-state index in [0.717, 1.165) is 34.6 Å². The monoisotopic (exact) mass is 412 g/mol. The molecule has 0 unspecified atom stereocenters. The number of fused-ring (bicyclic) bond motifs is 1. The van der Waals surface area contributed by atoms with Crippen LogP contribution in [0.25, 0.3) is 11.0 Å². The van der Waals surface area contributed by atoms with Crippen LogP contribution < -0.4 is 10.2 Å². The number of H-pyrrole nitrogens is 1. The summed E-state index contributed by atoms with van der Waals surface area (Å²) in [6, 6.07) is 23.1. The SMILES string of the molecule is CCCOc1ccc(/C=N\NC(=O)c2ccc3nc(Cc4ccccc4)[nH]c3c2)cc1. The smallest absolute Gasteiger partial charge is 0.271 e. The lowest BCUT2D eigenvalue weighted by Gasteiger charge is -2.04. The second-order valence-electron chi connectivity index (χ2n) is 7.19. The molecule has 0 saturated heterocycles. The summed E-state index contributed by atoms with van der Waals surface area (Å²) in [6.45, 7) is 2.76. The maximum atomic E-state index is 12.5. The molecule has 0 aliphatic carbocycles. The molecule has 0 saturated carbocycles. The number of benzene rings is 3. The first kappa shape index (κ1) is 20.3. The first-order valence-electron chi connectivity index (χ1n) is 10.3. The van der Waals surface area contributed by atoms with Crippen molar-refractivity contribution in [1.29, 1.82) is 0 Å². The van der Waals surface area contributed by atoms with Crippen LogP contribution in [0.1, 0.15) is 40.7 Å². The molecular weight excluding hydrogens is 388 g/mol. The molecule has 156 valence electrons. The van der Waals surface area contributed by atoms with Crippen molar-refractivity contribution < 1.29 is 9.53 Å². The van der Waals surface area contributed by atoms with Crippen LogP contribution in [0.3, 0.4) is 0 Å². The lowest BCUT2D eigenvalue weighted by atomic mass is 10.1. The van der Waals surface area contributed by atoms with Crippen LogP contribution in [0, 0.1) is 0 Å². The Kier molecular flexibility index (Phi) is 6.38. The van der Waals surface area contributed by atoms with Gasteiger partial charge in [-0.3, -0.25) is 4.79 Å². The van der Waals surface area contributed by atoms with Crippen molar-refractivity contribution in [2.45, 2.75) is 19.8 Å². The average molecular weight is 412 g/mol. The highest BCUT2D eigenvalue weighted by Gasteiger charge is 2.09. The fourth-order valence-electron chi connectivity index (χ4n) is 3.18. The molecule has 1 aromatic heterocycles. The number of hydrazone groups is 1. The van der Waals surface area contributed by atoms with Crippen molar-refractivity contribution in [3.8, 4) is 5.75 Å². The Morgan fingerprint density at radius 2 is 1.90 bits per heavy atom. The number of carbonyl (C=O) groups excluding carboxylic acids is 1. The third-order valence-electron chi connectivity index (χ3n) is 4.74. The molecule has 0 aliphatic rings. The van der Waals surface area contributed by atoms with Gasteiger partial charge in [0.1, 0.15) is 11.6 Å². The van der Waals surface area contributed by atoms with Crippen molar-refractivity contribution in [3.63, 3.8) is 0 Å². The molecule has 4 aromatic rings. The second kappa shape index (κ2) is 9.71. The molecule has 0 bridgehead atoms. The van der Waals surface area contributed by atoms with Crippen LogP contribution in [0.15, 0.2) is 77.9 Å². The number of imidazole rings is 1. The van der Waals surface area contributed by atoms with E-state index >= 15 is 0 Å². The van der Waals surface area contributed by atoms with Gasteiger partial charge in [0.25, 0.3) is 5.91 Å². The van der Waals surface area contributed by atoms with Crippen molar-refractivity contribution in [1.82, 2.24) is 15.4 Å². The zero-order chi connectivity index (χ0) is 21.5. The summed E-state index contributed by atoms with van der Waals surface area (Å²) >= 11 is 0. The van der Waals surface area contributed by atoms with Gasteiger partial charge in [-0.25, -0.2) is 10.4 Å². The number of nitrogens with one attached hydrogen (secondary N) is 2. The molecule has 0 spiro atoms. The molecule has 6 nitrogen and oxygen atoms in total. The van der Waals surface area contributed by atoms with E-state index in [0.29, 0.717) is 18.6 Å². The number of rotatable bonds is 8. The number of hydrogen-bond donors (Lipinski definition) is 2. The van der Waals surface area contributed by atoms with Gasteiger partial charge in [0, 0.05) is 12.0 Å². The zero-order valence-corrected chi connectivity index (χ0v) is 17.3. The van der Waals surface area contributed by atoms with Gasteiger partial charge >= 0.3 is 0 Å². The van der Waals surface area contributed by atoms with Crippen LogP contribution >= 0.6 is 0 Å². The quantitative estimate of drug-likeness (QED) is 0.325. The van der Waals surface area contributed by atoms with E-state index < -0.39 is 0 Å². The number of ether oxygens (including phenoxy) is 1. The predicted octanol–water partition coefficient (Wildman–Crippen LogP) is 4.71. The van der Waals surface area contributed by atoms with Gasteiger partial charge in [-0.05, 0) is 60.0 Å². The minimum Gasteiger partial charge on any atom is -0.494 e. The highest BCUT2D eigenvalue weighted by molar-refractivity contribution is 5.97. The third kappa shape index (κ3) is 5.36. The average Bonchev–Trinajstić information content (AvgIpc) is 3.20. The Morgan fingerprint density at radius 3 is 2.68 bits per heavy atom. The van der Waals surface area contributed by atoms with E-state index in [1.807, 2.05) is 48.5 Å². The molecule has 0 radical (unpaired) electrons. The van der Waals surface area contributed by atoms with E-state index in [-0.39, 0.29) is 5.91 Å². The van der Waals surface area contributed by atoms with Crippen molar-refractivity contribution in [2.24, 2.45) is 5.10 Å². The Balaban J connectivity index is 1.38. The van der Waals surface area contributed by atoms with E-state index in [9.17, 15) is 4.79 Å². The lowest BCUT2D eigenvalue weighted by molar-refractivity contribution is 0.0955. The molecule has 3 aromatic carbocycles. The fourth-order valence-corrected chi connectivity index (χ4v) is 3.18. The maximum absolute atomic E-state index is 12.5. The highest BCUT2D eigenvalue weighted by Crippen LogP contribution is 2.16. The zero-order valence-electron chi connectivity index (χ0n) is 17.3. The molecular formula is C25H24N4O2. The molecule has 4 rings (SSSR count). The summed E-state index contributed by atoms with van der Waals surface area (Å²) < 4.78 is 5.56. The predicted molar refractivity (Wildman–Crippen MR) is 123 cm³/mol. The second-order valence-corrected chi connectivity index (χ2v) is 7.19. The standard InChI is InChI=1S/C25H24N4O2/c1-2-14-31-21-11-8-19(9-12-21)17-26-29-25(30)20-10-13-22-23(16-20)28-24(27-22)15-18-6-4-3-5-7-18/h3-13,16-17H,2,14-15H2,1H3,(H,27,28)(H,29,30)/b26-17-. The maximum Gasteiger partial charge on any atom is 0.271 e. The minimum atomic E-state index is -0.278. The number of amides is 1. The van der Waals surface area contributed by atoms with Gasteiger partial charge in [-0.1, -0.05) is 37.3 Å². The van der Waals surface area contributed by atoms with Gasteiger partial charge in [0.05, 0.1) is 23.9 Å². The first-order chi connectivity index (χ1) is 15.2. The van der Waals surface area contributed by atoms with Crippen LogP contribution in [0.2, 0.25) is 0 Å². The molecule has 31 heavy (non-hydrogen) atoms. The number of carbonyl (C=O) groups is 1. The number of nitrogens with zero attached hydrogens (tertiary/aromatic N) is 2. The molecule has 0 fully saturated rings. The van der Waals surface area contributed by atoms with Gasteiger partial charge in [0.15, 0.2) is 0 Å². The summed E-state index contributed by atoms with van der Waals surface area (Å²) in [4.78, 5) is 20.4. The number of aromatic amines is 1. The number of aromatic nitrogens is 2. The topological polar surface area (TPSA) is 79.4 Å². The molecule has 6 heteroatoms. The summed E-state index contributed by atoms with van der Waals surface area (Å²) in [5.41, 5.74) is 6.80. The van der Waals surface area contributed by atoms with Crippen LogP contribution in [0.4, 0.5) is 0 Å². The van der Waals surface area contributed by atoms with Crippen LogP contribution in [-0.4, -0.2) is 28.7 Å². The normalized spacial score (nSPS) is 11.1. The Morgan fingerprint density at radius 1 is 1.10 bits per heavy atom. The summed E-state index contributed by atoms with van der Waals surface area (Å²) in [6.07, 6.45) is 3.28. The minimum absolute atomic E-state index is 0.278. The van der Waals surface area contributed by atoms with Gasteiger partial charge in [0.2, 0.25) is 0 Å². The van der Waals surface area contributed by atoms with E-state index in [1.165, 1.54) is 5.56 Å². The third-order valence-corrected chi connectivity index (χ3v) is 4.74. The summed E-state index contributed by atoms with van der Waals surface area (Å²) in [7, 11) is 0. The molecule has 0 atom stereocenters. The van der Waals surface area contributed by atoms with Gasteiger partial charge in [-0.2, -0.15) is 5.10 Å². The summed E-state index contributed by atoms with van der Waals surface area (Å²) in [5, 5.41) is 4.06. The lowest BCUT2D eigenvalue weighted by Crippen LogP contribution is -2.17. The molecule has 0 aliphatic heterocycles. The Bertz CT molecular complexity index is 1180. The molecule has 1 heterocycles.